The molecule has 3 aromatic heterocycles. The van der Waals surface area contributed by atoms with Crippen LogP contribution in [-0.2, 0) is 30.6 Å². The molecule has 0 unspecified atom stereocenters. The van der Waals surface area contributed by atoms with Crippen LogP contribution in [0.25, 0.3) is 22.4 Å². The summed E-state index contributed by atoms with van der Waals surface area (Å²) in [6.07, 6.45) is 4.99. The summed E-state index contributed by atoms with van der Waals surface area (Å²) in [4.78, 5) is 23.3. The molecule has 1 aromatic carbocycles. The average Bonchev–Trinajstić information content (AvgIpc) is 3.29. The third kappa shape index (κ3) is 3.76. The molecule has 0 bridgehead atoms. The Morgan fingerprint density at radius 3 is 2.59 bits per heavy atom. The van der Waals surface area contributed by atoms with Crippen LogP contribution in [0.1, 0.15) is 36.4 Å². The molecular weight excluding hydrogens is 366 g/mol. The molecule has 2 N–H and O–H groups in total. The summed E-state index contributed by atoms with van der Waals surface area (Å²) in [5.41, 5.74) is 6.63. The minimum absolute atomic E-state index is 0.0200. The summed E-state index contributed by atoms with van der Waals surface area (Å²) in [7, 11) is 0. The molecule has 0 aliphatic heterocycles. The number of aliphatic carboxylic acids is 1. The van der Waals surface area contributed by atoms with Crippen LogP contribution >= 0.6 is 0 Å². The number of nitrogens with zero attached hydrogens (tertiary/aromatic N) is 4. The van der Waals surface area contributed by atoms with Crippen molar-refractivity contribution in [1.82, 2.24) is 24.7 Å². The topological polar surface area (TPSA) is 96.7 Å². The van der Waals surface area contributed by atoms with Gasteiger partial charge in [0.2, 0.25) is 0 Å². The molecule has 0 aliphatic carbocycles. The third-order valence-electron chi connectivity index (χ3n) is 5.09. The standard InChI is InChI=1S/C22H23N5O2/c1-3-17-16(11-21(28)29)20(4-2)27(26-17)13-14-5-7-15(8-6-14)22-24-18-9-10-23-12-19(18)25-22/h5-10,12H,3-4,11,13H2,1-2H3,(H,24,25)(H,28,29). The first kappa shape index (κ1) is 18.9. The number of hydrogen-bond acceptors (Lipinski definition) is 4. The van der Waals surface area contributed by atoms with Crippen LogP contribution in [0.2, 0.25) is 0 Å². The third-order valence-corrected chi connectivity index (χ3v) is 5.09. The van der Waals surface area contributed by atoms with E-state index in [9.17, 15) is 9.90 Å². The molecule has 4 aromatic rings. The average molecular weight is 389 g/mol. The van der Waals surface area contributed by atoms with Gasteiger partial charge in [0.05, 0.1) is 35.9 Å². The van der Waals surface area contributed by atoms with Crippen molar-refractivity contribution in [3.8, 4) is 11.4 Å². The van der Waals surface area contributed by atoms with Gasteiger partial charge in [-0.3, -0.25) is 14.5 Å². The minimum Gasteiger partial charge on any atom is -0.481 e. The summed E-state index contributed by atoms with van der Waals surface area (Å²) in [6, 6.07) is 10.1. The van der Waals surface area contributed by atoms with Gasteiger partial charge in [0, 0.05) is 23.0 Å². The van der Waals surface area contributed by atoms with Crippen molar-refractivity contribution < 1.29 is 9.90 Å². The van der Waals surface area contributed by atoms with E-state index in [1.54, 1.807) is 12.4 Å². The number of aryl methyl sites for hydroxylation is 1. The molecule has 0 saturated carbocycles. The van der Waals surface area contributed by atoms with Crippen molar-refractivity contribution in [3.05, 3.63) is 65.2 Å². The van der Waals surface area contributed by atoms with Crippen molar-refractivity contribution in [3.63, 3.8) is 0 Å². The molecule has 4 rings (SSSR count). The number of hydrogen-bond donors (Lipinski definition) is 2. The molecule has 0 atom stereocenters. The normalized spacial score (nSPS) is 11.2. The molecule has 0 radical (unpaired) electrons. The van der Waals surface area contributed by atoms with E-state index in [0.29, 0.717) is 6.54 Å². The number of benzene rings is 1. The molecule has 0 spiro atoms. The Morgan fingerprint density at radius 1 is 1.14 bits per heavy atom. The minimum atomic E-state index is -0.820. The number of imidazole rings is 1. The van der Waals surface area contributed by atoms with E-state index in [2.05, 4.69) is 32.2 Å². The van der Waals surface area contributed by atoms with E-state index >= 15 is 0 Å². The van der Waals surface area contributed by atoms with Gasteiger partial charge >= 0.3 is 5.97 Å². The predicted molar refractivity (Wildman–Crippen MR) is 111 cm³/mol. The number of pyridine rings is 1. The first-order valence-electron chi connectivity index (χ1n) is 9.77. The second-order valence-corrected chi connectivity index (χ2v) is 6.98. The Bertz CT molecular complexity index is 1120. The first-order valence-corrected chi connectivity index (χ1v) is 9.77. The highest BCUT2D eigenvalue weighted by molar-refractivity contribution is 5.78. The van der Waals surface area contributed by atoms with Crippen LogP contribution in [0.15, 0.2) is 42.7 Å². The molecule has 3 heterocycles. The number of H-pyrrole nitrogens is 1. The van der Waals surface area contributed by atoms with Crippen LogP contribution in [-0.4, -0.2) is 35.8 Å². The van der Waals surface area contributed by atoms with Crippen LogP contribution in [0.4, 0.5) is 0 Å². The Kier molecular flexibility index (Phi) is 5.12. The zero-order valence-corrected chi connectivity index (χ0v) is 16.5. The Balaban J connectivity index is 1.60. The molecule has 0 aliphatic rings. The summed E-state index contributed by atoms with van der Waals surface area (Å²) < 4.78 is 1.94. The van der Waals surface area contributed by atoms with Gasteiger partial charge in [-0.1, -0.05) is 38.1 Å². The fraction of sp³-hybridized carbons (Fsp3) is 0.273. The Morgan fingerprint density at radius 2 is 1.93 bits per heavy atom. The summed E-state index contributed by atoms with van der Waals surface area (Å²) in [5, 5.41) is 13.9. The van der Waals surface area contributed by atoms with E-state index in [-0.39, 0.29) is 6.42 Å². The highest BCUT2D eigenvalue weighted by Gasteiger charge is 2.18. The largest absolute Gasteiger partial charge is 0.481 e. The van der Waals surface area contributed by atoms with Crippen molar-refractivity contribution in [2.24, 2.45) is 0 Å². The van der Waals surface area contributed by atoms with Crippen molar-refractivity contribution in [1.29, 1.82) is 0 Å². The maximum Gasteiger partial charge on any atom is 0.307 e. The number of carbonyl (C=O) groups is 1. The second-order valence-electron chi connectivity index (χ2n) is 6.98. The molecule has 29 heavy (non-hydrogen) atoms. The van der Waals surface area contributed by atoms with Crippen LogP contribution < -0.4 is 0 Å². The van der Waals surface area contributed by atoms with E-state index < -0.39 is 5.97 Å². The highest BCUT2D eigenvalue weighted by Crippen LogP contribution is 2.22. The summed E-state index contributed by atoms with van der Waals surface area (Å²) in [5.74, 6) is -0.00997. The lowest BCUT2D eigenvalue weighted by molar-refractivity contribution is -0.136. The maximum atomic E-state index is 11.3. The number of carboxylic acid groups (broad SMARTS) is 1. The van der Waals surface area contributed by atoms with Crippen LogP contribution in [0, 0.1) is 0 Å². The number of aromatic amines is 1. The smallest absolute Gasteiger partial charge is 0.307 e. The number of carboxylic acids is 1. The monoisotopic (exact) mass is 389 g/mol. The number of fused-ring (bicyclic) bond motifs is 1. The van der Waals surface area contributed by atoms with Crippen molar-refractivity contribution in [2.45, 2.75) is 39.7 Å². The van der Waals surface area contributed by atoms with Gasteiger partial charge in [-0.2, -0.15) is 5.10 Å². The number of aromatic nitrogens is 5. The second kappa shape index (κ2) is 7.87. The fourth-order valence-corrected chi connectivity index (χ4v) is 3.69. The lowest BCUT2D eigenvalue weighted by Gasteiger charge is -2.08. The lowest BCUT2D eigenvalue weighted by Crippen LogP contribution is -2.08. The molecule has 148 valence electrons. The van der Waals surface area contributed by atoms with Gasteiger partial charge in [0.1, 0.15) is 5.82 Å². The number of rotatable bonds is 7. The van der Waals surface area contributed by atoms with Gasteiger partial charge in [0.25, 0.3) is 0 Å². The van der Waals surface area contributed by atoms with Gasteiger partial charge in [-0.15, -0.1) is 0 Å². The van der Waals surface area contributed by atoms with E-state index in [0.717, 1.165) is 57.8 Å². The molecule has 7 heteroatoms. The van der Waals surface area contributed by atoms with Gasteiger partial charge in [0.15, 0.2) is 0 Å². The number of nitrogens with one attached hydrogen (secondary N) is 1. The molecule has 0 amide bonds. The van der Waals surface area contributed by atoms with Crippen molar-refractivity contribution in [2.75, 3.05) is 0 Å². The summed E-state index contributed by atoms with van der Waals surface area (Å²) in [6.45, 7) is 4.66. The maximum absolute atomic E-state index is 11.3. The van der Waals surface area contributed by atoms with Crippen LogP contribution in [0.3, 0.4) is 0 Å². The Labute approximate surface area is 168 Å². The molecule has 7 nitrogen and oxygen atoms in total. The first-order chi connectivity index (χ1) is 14.1. The molecule has 0 fully saturated rings. The van der Waals surface area contributed by atoms with Gasteiger partial charge in [-0.25, -0.2) is 4.98 Å². The summed E-state index contributed by atoms with van der Waals surface area (Å²) >= 11 is 0. The van der Waals surface area contributed by atoms with E-state index in [1.807, 2.05) is 36.7 Å². The fourth-order valence-electron chi connectivity index (χ4n) is 3.69. The van der Waals surface area contributed by atoms with Crippen molar-refractivity contribution >= 4 is 17.0 Å². The highest BCUT2D eigenvalue weighted by atomic mass is 16.4. The van der Waals surface area contributed by atoms with Crippen LogP contribution in [0.5, 0.6) is 0 Å². The molecular formula is C22H23N5O2. The van der Waals surface area contributed by atoms with Gasteiger partial charge in [-0.05, 0) is 24.5 Å². The van der Waals surface area contributed by atoms with E-state index in [1.165, 1.54) is 0 Å². The quantitative estimate of drug-likeness (QED) is 0.503. The lowest BCUT2D eigenvalue weighted by atomic mass is 10.1. The SMILES string of the molecule is CCc1nn(Cc2ccc(-c3nc4ccncc4[nH]3)cc2)c(CC)c1CC(=O)O. The Hall–Kier alpha value is -3.48. The van der Waals surface area contributed by atoms with E-state index in [4.69, 9.17) is 0 Å². The zero-order valence-electron chi connectivity index (χ0n) is 16.5. The predicted octanol–water partition coefficient (Wildman–Crippen LogP) is 3.62. The molecule has 0 saturated heterocycles. The zero-order chi connectivity index (χ0) is 20.4. The van der Waals surface area contributed by atoms with Gasteiger partial charge < -0.3 is 10.1 Å².